The number of primary amides is 1. The Bertz CT molecular complexity index is 77.5. The van der Waals surface area contributed by atoms with Gasteiger partial charge in [-0.3, -0.25) is 4.79 Å². The summed E-state index contributed by atoms with van der Waals surface area (Å²) in [7, 11) is 0. The number of amides is 1. The molecule has 2 nitrogen and oxygen atoms in total. The van der Waals surface area contributed by atoms with Gasteiger partial charge in [0.2, 0.25) is 0 Å². The Kier molecular flexibility index (Phi) is 2.12. The summed E-state index contributed by atoms with van der Waals surface area (Å²) in [4.78, 5) is 9.70. The zero-order valence-corrected chi connectivity index (χ0v) is 4.55. The molecule has 0 saturated heterocycles. The summed E-state index contributed by atoms with van der Waals surface area (Å²) in [5.41, 5.74) is 4.58. The lowest BCUT2D eigenvalue weighted by Gasteiger charge is -1.77. The molecule has 0 rings (SSSR count). The largest absolute Gasteiger partial charge is 0.364 e. The van der Waals surface area contributed by atoms with E-state index in [1.54, 1.807) is 0 Å². The number of hydrogen-bond donors (Lipinski definition) is 2. The first-order chi connectivity index (χ1) is 2.64. The molecule has 0 radical (unpaired) electrons. The minimum Gasteiger partial charge on any atom is -0.364 e. The van der Waals surface area contributed by atoms with E-state index < -0.39 is 5.91 Å². The number of hydrogen-bond acceptors (Lipinski definition) is 2. The van der Waals surface area contributed by atoms with Gasteiger partial charge in [0.1, 0.15) is 4.20 Å². The second-order valence-electron chi connectivity index (χ2n) is 0.669. The predicted octanol–water partition coefficient (Wildman–Crippen LogP) is -0.271. The van der Waals surface area contributed by atoms with Crippen LogP contribution in [-0.2, 0) is 4.79 Å². The van der Waals surface area contributed by atoms with Gasteiger partial charge in [-0.25, -0.2) is 0 Å². The second-order valence-corrected chi connectivity index (χ2v) is 1.83. The van der Waals surface area contributed by atoms with Crippen molar-refractivity contribution in [2.75, 3.05) is 0 Å². The summed E-state index contributed by atoms with van der Waals surface area (Å²) in [5.74, 6) is -0.645. The van der Waals surface area contributed by atoms with Crippen LogP contribution < -0.4 is 5.73 Å². The maximum atomic E-state index is 9.70. The standard InChI is InChI=1S/C2H3NOS2/c3-1(4)2(5)6/h(H2,3,4)(H,5,6). The summed E-state index contributed by atoms with van der Waals surface area (Å²) in [5, 5.41) is 0. The molecule has 34 valence electrons. The topological polar surface area (TPSA) is 43.1 Å². The van der Waals surface area contributed by atoms with Crippen molar-refractivity contribution in [3.8, 4) is 0 Å². The van der Waals surface area contributed by atoms with Gasteiger partial charge in [-0.2, -0.15) is 0 Å². The summed E-state index contributed by atoms with van der Waals surface area (Å²) >= 11 is 7.66. The first-order valence-corrected chi connectivity index (χ1v) is 2.03. The first-order valence-electron chi connectivity index (χ1n) is 1.17. The lowest BCUT2D eigenvalue weighted by Crippen LogP contribution is -2.15. The quantitative estimate of drug-likeness (QED) is 0.370. The molecule has 0 unspecified atom stereocenters. The van der Waals surface area contributed by atoms with Crippen molar-refractivity contribution < 1.29 is 4.79 Å². The molecule has 1 amide bonds. The molecular weight excluding hydrogens is 118 g/mol. The maximum Gasteiger partial charge on any atom is 0.265 e. The fourth-order valence-electron chi connectivity index (χ4n) is 0. The normalized spacial score (nSPS) is 7.50. The number of carbonyl (C=O) groups is 1. The summed E-state index contributed by atoms with van der Waals surface area (Å²) < 4.78 is -0.0741. The van der Waals surface area contributed by atoms with Crippen molar-refractivity contribution in [1.82, 2.24) is 0 Å². The summed E-state index contributed by atoms with van der Waals surface area (Å²) in [6.45, 7) is 0. The van der Waals surface area contributed by atoms with Gasteiger partial charge in [0.25, 0.3) is 5.91 Å². The zero-order valence-electron chi connectivity index (χ0n) is 2.84. The van der Waals surface area contributed by atoms with Gasteiger partial charge in [0.05, 0.1) is 0 Å². The van der Waals surface area contributed by atoms with Crippen LogP contribution in [0.2, 0.25) is 0 Å². The Labute approximate surface area is 46.1 Å². The van der Waals surface area contributed by atoms with E-state index in [4.69, 9.17) is 0 Å². The molecule has 0 fully saturated rings. The Hall–Kier alpha value is -0.0900. The van der Waals surface area contributed by atoms with Crippen LogP contribution in [0, 0.1) is 0 Å². The molecule has 0 atom stereocenters. The van der Waals surface area contributed by atoms with E-state index in [9.17, 15) is 4.79 Å². The van der Waals surface area contributed by atoms with Gasteiger partial charge >= 0.3 is 0 Å². The Morgan fingerprint density at radius 2 is 2.00 bits per heavy atom. The molecule has 0 heterocycles. The Morgan fingerprint density at radius 1 is 1.83 bits per heavy atom. The molecule has 0 aliphatic carbocycles. The van der Waals surface area contributed by atoms with E-state index in [0.717, 1.165) is 0 Å². The highest BCUT2D eigenvalue weighted by Gasteiger charge is 1.91. The van der Waals surface area contributed by atoms with Gasteiger partial charge in [0.15, 0.2) is 0 Å². The summed E-state index contributed by atoms with van der Waals surface area (Å²) in [6.07, 6.45) is 0. The van der Waals surface area contributed by atoms with Crippen LogP contribution >= 0.6 is 24.8 Å². The number of thiocarbonyl (C=S) groups is 1. The molecule has 0 aromatic heterocycles. The van der Waals surface area contributed by atoms with Crippen LogP contribution in [0.4, 0.5) is 0 Å². The second kappa shape index (κ2) is 2.15. The molecule has 0 aromatic carbocycles. The first kappa shape index (κ1) is 5.91. The SMILES string of the molecule is NC(=O)C(=S)S. The number of nitrogens with two attached hydrogens (primary N) is 1. The van der Waals surface area contributed by atoms with Crippen LogP contribution in [0.1, 0.15) is 0 Å². The molecule has 0 aliphatic heterocycles. The number of carbonyl (C=O) groups excluding carboxylic acids is 1. The van der Waals surface area contributed by atoms with Crippen LogP contribution in [0.25, 0.3) is 0 Å². The average Bonchev–Trinajstić information content (AvgIpc) is 1.36. The van der Waals surface area contributed by atoms with Crippen LogP contribution in [0.3, 0.4) is 0 Å². The van der Waals surface area contributed by atoms with E-state index in [2.05, 4.69) is 30.6 Å². The monoisotopic (exact) mass is 121 g/mol. The van der Waals surface area contributed by atoms with E-state index in [1.807, 2.05) is 0 Å². The van der Waals surface area contributed by atoms with E-state index in [1.165, 1.54) is 0 Å². The summed E-state index contributed by atoms with van der Waals surface area (Å²) in [6, 6.07) is 0. The van der Waals surface area contributed by atoms with Gasteiger partial charge in [0, 0.05) is 0 Å². The molecule has 0 spiro atoms. The molecule has 4 heteroatoms. The molecule has 2 N–H and O–H groups in total. The molecular formula is C2H3NOS2. The van der Waals surface area contributed by atoms with Gasteiger partial charge < -0.3 is 5.73 Å². The van der Waals surface area contributed by atoms with E-state index in [0.29, 0.717) is 0 Å². The lowest BCUT2D eigenvalue weighted by molar-refractivity contribution is -0.111. The lowest BCUT2D eigenvalue weighted by atomic mass is 10.8. The third kappa shape index (κ3) is 2.17. The van der Waals surface area contributed by atoms with E-state index >= 15 is 0 Å². The Balaban J connectivity index is 3.57. The van der Waals surface area contributed by atoms with Crippen LogP contribution in [0.5, 0.6) is 0 Å². The average molecular weight is 121 g/mol. The highest BCUT2D eigenvalue weighted by atomic mass is 32.1. The van der Waals surface area contributed by atoms with Crippen LogP contribution in [0.15, 0.2) is 0 Å². The highest BCUT2D eigenvalue weighted by molar-refractivity contribution is 8.13. The minimum absolute atomic E-state index is 0.0741. The molecule has 0 aliphatic rings. The van der Waals surface area contributed by atoms with Crippen molar-refractivity contribution >= 4 is 35.0 Å². The van der Waals surface area contributed by atoms with Crippen LogP contribution in [-0.4, -0.2) is 10.1 Å². The van der Waals surface area contributed by atoms with E-state index in [-0.39, 0.29) is 4.20 Å². The fraction of sp³-hybridized carbons (Fsp3) is 0. The van der Waals surface area contributed by atoms with Crippen molar-refractivity contribution in [3.05, 3.63) is 0 Å². The Morgan fingerprint density at radius 3 is 2.00 bits per heavy atom. The molecule has 6 heavy (non-hydrogen) atoms. The van der Waals surface area contributed by atoms with Crippen molar-refractivity contribution in [1.29, 1.82) is 0 Å². The van der Waals surface area contributed by atoms with Crippen molar-refractivity contribution in [2.24, 2.45) is 5.73 Å². The number of rotatable bonds is 1. The maximum absolute atomic E-state index is 9.70. The van der Waals surface area contributed by atoms with Gasteiger partial charge in [-0.05, 0) is 0 Å². The third-order valence-electron chi connectivity index (χ3n) is 0.211. The van der Waals surface area contributed by atoms with Crippen molar-refractivity contribution in [2.45, 2.75) is 0 Å². The third-order valence-corrected chi connectivity index (χ3v) is 0.632. The minimum atomic E-state index is -0.645. The van der Waals surface area contributed by atoms with Gasteiger partial charge in [-0.1, -0.05) is 12.2 Å². The smallest absolute Gasteiger partial charge is 0.265 e. The van der Waals surface area contributed by atoms with Crippen molar-refractivity contribution in [3.63, 3.8) is 0 Å². The number of thiol groups is 1. The zero-order chi connectivity index (χ0) is 5.15. The van der Waals surface area contributed by atoms with Gasteiger partial charge in [-0.15, -0.1) is 12.6 Å². The predicted molar refractivity (Wildman–Crippen MR) is 30.8 cm³/mol. The molecule has 0 bridgehead atoms. The highest BCUT2D eigenvalue weighted by Crippen LogP contribution is 1.77. The molecule has 0 aromatic rings. The fourth-order valence-corrected chi connectivity index (χ4v) is 0. The molecule has 0 saturated carbocycles.